The first-order valence-corrected chi connectivity index (χ1v) is 5.06. The van der Waals surface area contributed by atoms with E-state index in [-0.39, 0.29) is 11.7 Å². The molecule has 0 saturated carbocycles. The van der Waals surface area contributed by atoms with Crippen LogP contribution in [0.2, 0.25) is 5.15 Å². The molecule has 2 aromatic heterocycles. The average Bonchev–Trinajstić information content (AvgIpc) is 2.58. The van der Waals surface area contributed by atoms with E-state index in [2.05, 4.69) is 4.98 Å². The molecule has 0 radical (unpaired) electrons. The third kappa shape index (κ3) is 1.54. The normalized spacial score (nSPS) is 12.9. The number of nitrogens with zero attached hydrogens (tertiary/aromatic N) is 2. The second-order valence-corrected chi connectivity index (χ2v) is 3.87. The van der Waals surface area contributed by atoms with Crippen LogP contribution in [0, 0.1) is 0 Å². The lowest BCUT2D eigenvalue weighted by atomic mass is 10.3. The van der Waals surface area contributed by atoms with E-state index in [1.54, 1.807) is 29.5 Å². The van der Waals surface area contributed by atoms with Gasteiger partial charge in [0.1, 0.15) is 11.0 Å². The van der Waals surface area contributed by atoms with E-state index in [1.807, 2.05) is 0 Å². The van der Waals surface area contributed by atoms with Crippen LogP contribution in [0.1, 0.15) is 29.3 Å². The van der Waals surface area contributed by atoms with Gasteiger partial charge in [-0.05, 0) is 19.1 Å². The molecule has 2 aromatic rings. The predicted octanol–water partition coefficient (Wildman–Crippen LogP) is 1.71. The van der Waals surface area contributed by atoms with Gasteiger partial charge in [0.2, 0.25) is 0 Å². The molecule has 0 amide bonds. The fourth-order valence-electron chi connectivity index (χ4n) is 1.59. The Bertz CT molecular complexity index is 562. The average molecular weight is 240 g/mol. The van der Waals surface area contributed by atoms with Crippen molar-refractivity contribution in [2.24, 2.45) is 5.73 Å². The summed E-state index contributed by atoms with van der Waals surface area (Å²) < 4.78 is 1.55. The number of carboxylic acid groups (broad SMARTS) is 1. The number of rotatable bonds is 2. The standard InChI is InChI=1S/C10H10ClN3O2/c1-5(12)9-13-8(10(15)16)6-3-2-4-7(11)14(6)9/h2-5H,12H2,1H3,(H,15,16). The Morgan fingerprint density at radius 1 is 1.62 bits per heavy atom. The van der Waals surface area contributed by atoms with Crippen LogP contribution in [0.25, 0.3) is 5.52 Å². The van der Waals surface area contributed by atoms with Crippen molar-refractivity contribution >= 4 is 23.1 Å². The number of aromatic carboxylic acids is 1. The highest BCUT2D eigenvalue weighted by Crippen LogP contribution is 2.22. The van der Waals surface area contributed by atoms with Crippen LogP contribution in [0.5, 0.6) is 0 Å². The maximum atomic E-state index is 11.0. The number of imidazole rings is 1. The molecule has 84 valence electrons. The maximum absolute atomic E-state index is 11.0. The van der Waals surface area contributed by atoms with Crippen LogP contribution in [0.15, 0.2) is 18.2 Å². The zero-order valence-electron chi connectivity index (χ0n) is 8.51. The Morgan fingerprint density at radius 3 is 2.88 bits per heavy atom. The van der Waals surface area contributed by atoms with Gasteiger partial charge >= 0.3 is 5.97 Å². The summed E-state index contributed by atoms with van der Waals surface area (Å²) in [6, 6.07) is 4.60. The third-order valence-corrected chi connectivity index (χ3v) is 2.55. The van der Waals surface area contributed by atoms with Gasteiger partial charge in [0.15, 0.2) is 5.69 Å². The molecule has 0 aromatic carbocycles. The number of hydrogen-bond acceptors (Lipinski definition) is 3. The molecule has 0 saturated heterocycles. The smallest absolute Gasteiger partial charge is 0.356 e. The lowest BCUT2D eigenvalue weighted by Gasteiger charge is -2.05. The number of carboxylic acids is 1. The maximum Gasteiger partial charge on any atom is 0.356 e. The number of carbonyl (C=O) groups is 1. The highest BCUT2D eigenvalue weighted by Gasteiger charge is 2.19. The molecular weight excluding hydrogens is 230 g/mol. The van der Waals surface area contributed by atoms with Crippen LogP contribution in [-0.2, 0) is 0 Å². The van der Waals surface area contributed by atoms with Crippen LogP contribution >= 0.6 is 11.6 Å². The summed E-state index contributed by atoms with van der Waals surface area (Å²) in [5, 5.41) is 9.40. The summed E-state index contributed by atoms with van der Waals surface area (Å²) in [6.45, 7) is 1.73. The van der Waals surface area contributed by atoms with E-state index < -0.39 is 5.97 Å². The zero-order chi connectivity index (χ0) is 11.9. The van der Waals surface area contributed by atoms with E-state index in [4.69, 9.17) is 22.4 Å². The summed E-state index contributed by atoms with van der Waals surface area (Å²) in [7, 11) is 0. The van der Waals surface area contributed by atoms with Crippen LogP contribution in [0.4, 0.5) is 0 Å². The Labute approximate surface area is 96.5 Å². The molecule has 0 aliphatic heterocycles. The van der Waals surface area contributed by atoms with Gasteiger partial charge in [0.25, 0.3) is 0 Å². The first-order valence-electron chi connectivity index (χ1n) is 4.68. The molecule has 16 heavy (non-hydrogen) atoms. The summed E-state index contributed by atoms with van der Waals surface area (Å²) in [6.07, 6.45) is 0. The second-order valence-electron chi connectivity index (χ2n) is 3.48. The third-order valence-electron chi connectivity index (χ3n) is 2.25. The van der Waals surface area contributed by atoms with Crippen LogP contribution in [-0.4, -0.2) is 20.5 Å². The number of fused-ring (bicyclic) bond motifs is 1. The summed E-state index contributed by atoms with van der Waals surface area (Å²) in [4.78, 5) is 15.0. The quantitative estimate of drug-likeness (QED) is 0.782. The molecule has 0 spiro atoms. The van der Waals surface area contributed by atoms with Gasteiger partial charge < -0.3 is 10.8 Å². The second kappa shape index (κ2) is 3.77. The monoisotopic (exact) mass is 239 g/mol. The van der Waals surface area contributed by atoms with Crippen molar-refractivity contribution in [3.63, 3.8) is 0 Å². The molecule has 3 N–H and O–H groups in total. The summed E-state index contributed by atoms with van der Waals surface area (Å²) in [5.41, 5.74) is 6.15. The van der Waals surface area contributed by atoms with Gasteiger partial charge in [-0.25, -0.2) is 9.78 Å². The summed E-state index contributed by atoms with van der Waals surface area (Å²) in [5.74, 6) is -0.648. The lowest BCUT2D eigenvalue weighted by Crippen LogP contribution is -2.10. The largest absolute Gasteiger partial charge is 0.476 e. The molecule has 0 aliphatic carbocycles. The minimum absolute atomic E-state index is 0.0326. The molecule has 0 bridgehead atoms. The van der Waals surface area contributed by atoms with Gasteiger partial charge in [-0.3, -0.25) is 4.40 Å². The molecule has 0 fully saturated rings. The van der Waals surface area contributed by atoms with E-state index in [1.165, 1.54) is 0 Å². The molecule has 0 aliphatic rings. The fourth-order valence-corrected chi connectivity index (χ4v) is 1.84. The first kappa shape index (κ1) is 10.9. The minimum atomic E-state index is -1.09. The molecule has 1 unspecified atom stereocenters. The fraction of sp³-hybridized carbons (Fsp3) is 0.200. The van der Waals surface area contributed by atoms with Crippen molar-refractivity contribution in [1.82, 2.24) is 9.38 Å². The van der Waals surface area contributed by atoms with Crippen LogP contribution < -0.4 is 5.73 Å². The predicted molar refractivity (Wildman–Crippen MR) is 59.8 cm³/mol. The molecule has 2 heterocycles. The Kier molecular flexibility index (Phi) is 2.57. The van der Waals surface area contributed by atoms with Gasteiger partial charge in [-0.2, -0.15) is 0 Å². The van der Waals surface area contributed by atoms with E-state index in [0.29, 0.717) is 16.5 Å². The topological polar surface area (TPSA) is 80.6 Å². The Hall–Kier alpha value is -1.59. The SMILES string of the molecule is CC(N)c1nc(C(=O)O)c2cccc(Cl)n12. The Morgan fingerprint density at radius 2 is 2.31 bits per heavy atom. The molecule has 6 heteroatoms. The molecule has 5 nitrogen and oxygen atoms in total. The zero-order valence-corrected chi connectivity index (χ0v) is 9.27. The van der Waals surface area contributed by atoms with Crippen molar-refractivity contribution in [3.8, 4) is 0 Å². The van der Waals surface area contributed by atoms with E-state index >= 15 is 0 Å². The van der Waals surface area contributed by atoms with Crippen molar-refractivity contribution in [2.75, 3.05) is 0 Å². The molecule has 1 atom stereocenters. The number of hydrogen-bond donors (Lipinski definition) is 2. The number of aromatic nitrogens is 2. The number of halogens is 1. The highest BCUT2D eigenvalue weighted by molar-refractivity contribution is 6.29. The van der Waals surface area contributed by atoms with E-state index in [0.717, 1.165) is 0 Å². The van der Waals surface area contributed by atoms with Gasteiger partial charge in [-0.15, -0.1) is 0 Å². The van der Waals surface area contributed by atoms with E-state index in [9.17, 15) is 4.79 Å². The minimum Gasteiger partial charge on any atom is -0.476 e. The number of nitrogens with two attached hydrogens (primary N) is 1. The first-order chi connectivity index (χ1) is 7.52. The Balaban J connectivity index is 2.87. The molecule has 2 rings (SSSR count). The lowest BCUT2D eigenvalue weighted by molar-refractivity contribution is 0.0693. The number of pyridine rings is 1. The van der Waals surface area contributed by atoms with Crippen molar-refractivity contribution in [3.05, 3.63) is 34.9 Å². The summed E-state index contributed by atoms with van der Waals surface area (Å²) >= 11 is 6.00. The van der Waals surface area contributed by atoms with Gasteiger partial charge in [0, 0.05) is 0 Å². The van der Waals surface area contributed by atoms with Crippen molar-refractivity contribution < 1.29 is 9.90 Å². The highest BCUT2D eigenvalue weighted by atomic mass is 35.5. The van der Waals surface area contributed by atoms with Crippen LogP contribution in [0.3, 0.4) is 0 Å². The molecular formula is C10H10ClN3O2. The van der Waals surface area contributed by atoms with Crippen molar-refractivity contribution in [2.45, 2.75) is 13.0 Å². The van der Waals surface area contributed by atoms with Gasteiger partial charge in [0.05, 0.1) is 11.6 Å². The van der Waals surface area contributed by atoms with Gasteiger partial charge in [-0.1, -0.05) is 17.7 Å². The van der Waals surface area contributed by atoms with Crippen molar-refractivity contribution in [1.29, 1.82) is 0 Å².